The van der Waals surface area contributed by atoms with Crippen molar-refractivity contribution in [1.82, 2.24) is 5.32 Å². The standard InChI is InChI=1S/C19H18N2OS/c1-21-12-16(10-14-6-3-2-4-7-14)22-18-9-5-8-17-15(11-20)13-23-19(17)18/h2-9,13,16,21H,10,12H2,1H3/t16-/m1/s1. The lowest BCUT2D eigenvalue weighted by atomic mass is 10.1. The Kier molecular flexibility index (Phi) is 4.92. The lowest BCUT2D eigenvalue weighted by molar-refractivity contribution is 0.204. The molecule has 4 heteroatoms. The number of fused-ring (bicyclic) bond motifs is 1. The molecule has 116 valence electrons. The van der Waals surface area contributed by atoms with Crippen LogP contribution in [0.25, 0.3) is 10.1 Å². The van der Waals surface area contributed by atoms with E-state index in [4.69, 9.17) is 4.74 Å². The van der Waals surface area contributed by atoms with E-state index in [0.717, 1.165) is 28.8 Å². The number of hydrogen-bond donors (Lipinski definition) is 1. The molecule has 2 aromatic carbocycles. The van der Waals surface area contributed by atoms with Gasteiger partial charge in [0.15, 0.2) is 0 Å². The molecule has 1 atom stereocenters. The molecule has 0 saturated heterocycles. The molecule has 1 N–H and O–H groups in total. The van der Waals surface area contributed by atoms with Crippen LogP contribution in [0.1, 0.15) is 11.1 Å². The van der Waals surface area contributed by atoms with Crippen molar-refractivity contribution < 1.29 is 4.74 Å². The van der Waals surface area contributed by atoms with Crippen molar-refractivity contribution in [2.75, 3.05) is 13.6 Å². The van der Waals surface area contributed by atoms with E-state index in [2.05, 4.69) is 23.5 Å². The number of thiophene rings is 1. The Labute approximate surface area is 140 Å². The summed E-state index contributed by atoms with van der Waals surface area (Å²) in [6.45, 7) is 0.766. The fourth-order valence-corrected chi connectivity index (χ4v) is 3.60. The van der Waals surface area contributed by atoms with Gasteiger partial charge in [-0.3, -0.25) is 0 Å². The molecule has 1 heterocycles. The third kappa shape index (κ3) is 3.53. The molecule has 0 aliphatic rings. The highest BCUT2D eigenvalue weighted by Gasteiger charge is 2.14. The van der Waals surface area contributed by atoms with Gasteiger partial charge in [-0.2, -0.15) is 5.26 Å². The van der Waals surface area contributed by atoms with Gasteiger partial charge in [-0.1, -0.05) is 42.5 Å². The first-order chi connectivity index (χ1) is 11.3. The maximum absolute atomic E-state index is 9.18. The van der Waals surface area contributed by atoms with Crippen LogP contribution >= 0.6 is 11.3 Å². The molecule has 3 nitrogen and oxygen atoms in total. The van der Waals surface area contributed by atoms with E-state index >= 15 is 0 Å². The third-order valence-electron chi connectivity index (χ3n) is 3.72. The molecule has 0 unspecified atom stereocenters. The zero-order valence-electron chi connectivity index (χ0n) is 13.0. The van der Waals surface area contributed by atoms with Gasteiger partial charge in [0.1, 0.15) is 17.9 Å². The predicted octanol–water partition coefficient (Wildman–Crippen LogP) is 3.98. The van der Waals surface area contributed by atoms with Crippen molar-refractivity contribution in [2.45, 2.75) is 12.5 Å². The minimum Gasteiger partial charge on any atom is -0.487 e. The zero-order valence-corrected chi connectivity index (χ0v) is 13.8. The van der Waals surface area contributed by atoms with Crippen LogP contribution in [0.4, 0.5) is 0 Å². The number of ether oxygens (including phenoxy) is 1. The Hall–Kier alpha value is -2.35. The molecule has 23 heavy (non-hydrogen) atoms. The van der Waals surface area contributed by atoms with Crippen LogP contribution in [0, 0.1) is 11.3 Å². The van der Waals surface area contributed by atoms with Crippen molar-refractivity contribution in [1.29, 1.82) is 5.26 Å². The van der Waals surface area contributed by atoms with E-state index in [-0.39, 0.29) is 6.10 Å². The van der Waals surface area contributed by atoms with Crippen LogP contribution in [0.2, 0.25) is 0 Å². The smallest absolute Gasteiger partial charge is 0.137 e. The monoisotopic (exact) mass is 322 g/mol. The summed E-state index contributed by atoms with van der Waals surface area (Å²) in [4.78, 5) is 0. The molecule has 0 radical (unpaired) electrons. The average molecular weight is 322 g/mol. The van der Waals surface area contributed by atoms with E-state index in [0.29, 0.717) is 5.56 Å². The van der Waals surface area contributed by atoms with Crippen LogP contribution in [0.5, 0.6) is 5.75 Å². The van der Waals surface area contributed by atoms with Gasteiger partial charge in [-0.25, -0.2) is 0 Å². The molecular weight excluding hydrogens is 304 g/mol. The first-order valence-corrected chi connectivity index (χ1v) is 8.45. The van der Waals surface area contributed by atoms with Crippen molar-refractivity contribution >= 4 is 21.4 Å². The van der Waals surface area contributed by atoms with Gasteiger partial charge < -0.3 is 10.1 Å². The largest absolute Gasteiger partial charge is 0.487 e. The summed E-state index contributed by atoms with van der Waals surface area (Å²) in [7, 11) is 1.93. The Balaban J connectivity index is 1.86. The summed E-state index contributed by atoms with van der Waals surface area (Å²) in [5.41, 5.74) is 1.97. The molecule has 3 rings (SSSR count). The van der Waals surface area contributed by atoms with Crippen molar-refractivity contribution in [3.8, 4) is 11.8 Å². The molecule has 0 bridgehead atoms. The highest BCUT2D eigenvalue weighted by molar-refractivity contribution is 7.17. The number of nitrogens with zero attached hydrogens (tertiary/aromatic N) is 1. The van der Waals surface area contributed by atoms with Crippen LogP contribution < -0.4 is 10.1 Å². The number of benzene rings is 2. The fraction of sp³-hybridized carbons (Fsp3) is 0.211. The lowest BCUT2D eigenvalue weighted by Crippen LogP contribution is -2.31. The summed E-state index contributed by atoms with van der Waals surface area (Å²) < 4.78 is 7.31. The number of likely N-dealkylation sites (N-methyl/N-ethyl adjacent to an activating group) is 1. The van der Waals surface area contributed by atoms with E-state index in [1.807, 2.05) is 48.8 Å². The third-order valence-corrected chi connectivity index (χ3v) is 4.73. The number of rotatable bonds is 6. The first kappa shape index (κ1) is 15.5. The zero-order chi connectivity index (χ0) is 16.1. The highest BCUT2D eigenvalue weighted by atomic mass is 32.1. The van der Waals surface area contributed by atoms with Gasteiger partial charge in [0, 0.05) is 23.7 Å². The molecule has 0 aliphatic heterocycles. The van der Waals surface area contributed by atoms with Crippen LogP contribution in [-0.2, 0) is 6.42 Å². The average Bonchev–Trinajstić information content (AvgIpc) is 3.00. The minimum absolute atomic E-state index is 0.0423. The maximum atomic E-state index is 9.18. The molecule has 0 saturated carbocycles. The van der Waals surface area contributed by atoms with Gasteiger partial charge in [-0.05, 0) is 18.7 Å². The summed E-state index contributed by atoms with van der Waals surface area (Å²) in [6, 6.07) is 18.5. The quantitative estimate of drug-likeness (QED) is 0.746. The minimum atomic E-state index is 0.0423. The summed E-state index contributed by atoms with van der Waals surface area (Å²) in [6.07, 6.45) is 0.884. The Morgan fingerprint density at radius 1 is 1.17 bits per heavy atom. The Bertz CT molecular complexity index is 820. The second-order valence-electron chi connectivity index (χ2n) is 5.38. The predicted molar refractivity (Wildman–Crippen MR) is 95.0 cm³/mol. The Morgan fingerprint density at radius 2 is 2.00 bits per heavy atom. The Morgan fingerprint density at radius 3 is 2.74 bits per heavy atom. The van der Waals surface area contributed by atoms with Gasteiger partial charge in [0.05, 0.1) is 10.3 Å². The van der Waals surface area contributed by atoms with E-state index in [1.54, 1.807) is 11.3 Å². The van der Waals surface area contributed by atoms with E-state index < -0.39 is 0 Å². The molecule has 0 amide bonds. The van der Waals surface area contributed by atoms with Gasteiger partial charge >= 0.3 is 0 Å². The number of nitrogens with one attached hydrogen (secondary N) is 1. The van der Waals surface area contributed by atoms with Crippen LogP contribution in [0.15, 0.2) is 53.9 Å². The molecule has 1 aromatic heterocycles. The SMILES string of the molecule is CNC[C@@H](Cc1ccccc1)Oc1cccc2c(C#N)csc12. The van der Waals surface area contributed by atoms with Crippen molar-refractivity contribution in [3.05, 3.63) is 65.0 Å². The topological polar surface area (TPSA) is 45.0 Å². The van der Waals surface area contributed by atoms with Gasteiger partial charge in [-0.15, -0.1) is 11.3 Å². The lowest BCUT2D eigenvalue weighted by Gasteiger charge is -2.19. The molecule has 3 aromatic rings. The second-order valence-corrected chi connectivity index (χ2v) is 6.26. The summed E-state index contributed by atoms with van der Waals surface area (Å²) >= 11 is 1.56. The van der Waals surface area contributed by atoms with Crippen LogP contribution in [-0.4, -0.2) is 19.7 Å². The molecule has 0 spiro atoms. The first-order valence-electron chi connectivity index (χ1n) is 7.57. The molecular formula is C19H18N2OS. The van der Waals surface area contributed by atoms with Crippen LogP contribution in [0.3, 0.4) is 0 Å². The number of nitriles is 1. The second kappa shape index (κ2) is 7.28. The van der Waals surface area contributed by atoms with E-state index in [1.165, 1.54) is 5.56 Å². The van der Waals surface area contributed by atoms with E-state index in [9.17, 15) is 5.26 Å². The fourth-order valence-electron chi connectivity index (χ4n) is 2.65. The summed E-state index contributed by atoms with van der Waals surface area (Å²) in [5, 5.41) is 15.2. The van der Waals surface area contributed by atoms with Crippen molar-refractivity contribution in [3.63, 3.8) is 0 Å². The van der Waals surface area contributed by atoms with Gasteiger partial charge in [0.2, 0.25) is 0 Å². The molecule has 0 fully saturated rings. The molecule has 0 aliphatic carbocycles. The van der Waals surface area contributed by atoms with Crippen molar-refractivity contribution in [2.24, 2.45) is 0 Å². The number of hydrogen-bond acceptors (Lipinski definition) is 4. The van der Waals surface area contributed by atoms with Gasteiger partial charge in [0.25, 0.3) is 0 Å². The highest BCUT2D eigenvalue weighted by Crippen LogP contribution is 2.34. The summed E-state index contributed by atoms with van der Waals surface area (Å²) in [5.74, 6) is 0.852. The normalized spacial score (nSPS) is 12.0. The maximum Gasteiger partial charge on any atom is 0.137 e.